The number of carbonyl (C=O) groups excluding carboxylic acids is 1. The van der Waals surface area contributed by atoms with E-state index in [1.165, 1.54) is 13.0 Å². The molecule has 0 radical (unpaired) electrons. The lowest BCUT2D eigenvalue weighted by molar-refractivity contribution is -0.114. The van der Waals surface area contributed by atoms with E-state index in [0.717, 1.165) is 16.4 Å². The third-order valence-electron chi connectivity index (χ3n) is 3.37. The summed E-state index contributed by atoms with van der Waals surface area (Å²) in [6, 6.07) is 2.92. The maximum absolute atomic E-state index is 14.1. The van der Waals surface area contributed by atoms with Gasteiger partial charge in [0.05, 0.1) is 6.61 Å². The summed E-state index contributed by atoms with van der Waals surface area (Å²) in [4.78, 5) is 10.5. The van der Waals surface area contributed by atoms with Crippen LogP contribution < -0.4 is 5.32 Å². The zero-order valence-electron chi connectivity index (χ0n) is 11.5. The van der Waals surface area contributed by atoms with Crippen LogP contribution in [-0.4, -0.2) is 42.9 Å². The summed E-state index contributed by atoms with van der Waals surface area (Å²) < 4.78 is 40.1. The number of sulfonamides is 1. The molecule has 1 aliphatic heterocycles. The van der Waals surface area contributed by atoms with Crippen LogP contribution in [-0.2, 0) is 14.8 Å². The molecule has 1 fully saturated rings. The van der Waals surface area contributed by atoms with Crippen molar-refractivity contribution in [2.24, 2.45) is 0 Å². The Morgan fingerprint density at radius 3 is 2.81 bits per heavy atom. The summed E-state index contributed by atoms with van der Waals surface area (Å²) in [5, 5.41) is 11.6. The SMILES string of the molecule is CC(=O)Nc1ccc(S(=O)(=O)N2CCC[C@@H]2CO)c(F)c1. The molecule has 1 aromatic carbocycles. The molecule has 1 heterocycles. The minimum Gasteiger partial charge on any atom is -0.395 e. The van der Waals surface area contributed by atoms with Gasteiger partial charge in [0.15, 0.2) is 0 Å². The largest absolute Gasteiger partial charge is 0.395 e. The van der Waals surface area contributed by atoms with Gasteiger partial charge in [-0.15, -0.1) is 0 Å². The van der Waals surface area contributed by atoms with E-state index in [0.29, 0.717) is 12.8 Å². The van der Waals surface area contributed by atoms with Gasteiger partial charge in [-0.3, -0.25) is 4.79 Å². The van der Waals surface area contributed by atoms with Crippen molar-refractivity contribution in [2.45, 2.75) is 30.7 Å². The Kier molecular flexibility index (Phi) is 4.60. The molecular weight excluding hydrogens is 299 g/mol. The maximum Gasteiger partial charge on any atom is 0.246 e. The second-order valence-electron chi connectivity index (χ2n) is 4.92. The molecule has 116 valence electrons. The van der Waals surface area contributed by atoms with Crippen molar-refractivity contribution in [1.82, 2.24) is 4.31 Å². The smallest absolute Gasteiger partial charge is 0.246 e. The van der Waals surface area contributed by atoms with Gasteiger partial charge in [0.1, 0.15) is 10.7 Å². The molecule has 1 aliphatic rings. The normalized spacial score (nSPS) is 19.7. The van der Waals surface area contributed by atoms with E-state index in [1.54, 1.807) is 0 Å². The number of hydrogen-bond donors (Lipinski definition) is 2. The van der Waals surface area contributed by atoms with Crippen molar-refractivity contribution in [3.8, 4) is 0 Å². The zero-order chi connectivity index (χ0) is 15.6. The number of aliphatic hydroxyl groups excluding tert-OH is 1. The number of nitrogens with one attached hydrogen (secondary N) is 1. The highest BCUT2D eigenvalue weighted by Crippen LogP contribution is 2.28. The van der Waals surface area contributed by atoms with Crippen LogP contribution in [0.2, 0.25) is 0 Å². The summed E-state index contributed by atoms with van der Waals surface area (Å²) in [6.45, 7) is 1.25. The Hall–Kier alpha value is -1.51. The Balaban J connectivity index is 2.34. The molecule has 0 saturated carbocycles. The van der Waals surface area contributed by atoms with E-state index < -0.39 is 26.8 Å². The molecule has 1 amide bonds. The highest BCUT2D eigenvalue weighted by Gasteiger charge is 2.36. The number of anilines is 1. The molecule has 1 aromatic rings. The number of carbonyl (C=O) groups is 1. The van der Waals surface area contributed by atoms with Crippen molar-refractivity contribution in [3.63, 3.8) is 0 Å². The minimum absolute atomic E-state index is 0.194. The zero-order valence-corrected chi connectivity index (χ0v) is 12.4. The molecule has 1 saturated heterocycles. The highest BCUT2D eigenvalue weighted by atomic mass is 32.2. The van der Waals surface area contributed by atoms with Gasteiger partial charge in [0.2, 0.25) is 15.9 Å². The van der Waals surface area contributed by atoms with Gasteiger partial charge < -0.3 is 10.4 Å². The summed E-state index contributed by atoms with van der Waals surface area (Å²) >= 11 is 0. The Labute approximate surface area is 122 Å². The number of aliphatic hydroxyl groups is 1. The van der Waals surface area contributed by atoms with Crippen LogP contribution in [0.1, 0.15) is 19.8 Å². The number of amides is 1. The lowest BCUT2D eigenvalue weighted by atomic mass is 10.2. The predicted molar refractivity (Wildman–Crippen MR) is 74.7 cm³/mol. The second-order valence-corrected chi connectivity index (χ2v) is 6.78. The molecule has 0 unspecified atom stereocenters. The van der Waals surface area contributed by atoms with Crippen LogP contribution in [0.3, 0.4) is 0 Å². The van der Waals surface area contributed by atoms with Gasteiger partial charge in [0, 0.05) is 25.2 Å². The molecule has 8 heteroatoms. The van der Waals surface area contributed by atoms with Crippen LogP contribution in [0.4, 0.5) is 10.1 Å². The van der Waals surface area contributed by atoms with Gasteiger partial charge in [0.25, 0.3) is 0 Å². The first kappa shape index (κ1) is 15.9. The average molecular weight is 316 g/mol. The number of halogens is 1. The molecular formula is C13H17FN2O4S. The van der Waals surface area contributed by atoms with E-state index in [4.69, 9.17) is 0 Å². The molecule has 1 atom stereocenters. The molecule has 2 rings (SSSR count). The van der Waals surface area contributed by atoms with E-state index >= 15 is 0 Å². The second kappa shape index (κ2) is 6.08. The van der Waals surface area contributed by atoms with Crippen molar-refractivity contribution in [2.75, 3.05) is 18.5 Å². The van der Waals surface area contributed by atoms with Crippen LogP contribution in [0.15, 0.2) is 23.1 Å². The minimum atomic E-state index is -3.99. The van der Waals surface area contributed by atoms with Crippen LogP contribution in [0.5, 0.6) is 0 Å². The Morgan fingerprint density at radius 1 is 1.52 bits per heavy atom. The third-order valence-corrected chi connectivity index (χ3v) is 5.36. The predicted octanol–water partition coefficient (Wildman–Crippen LogP) is 0.929. The van der Waals surface area contributed by atoms with Gasteiger partial charge >= 0.3 is 0 Å². The molecule has 0 spiro atoms. The van der Waals surface area contributed by atoms with Gasteiger partial charge in [-0.25, -0.2) is 12.8 Å². The Morgan fingerprint density at radius 2 is 2.24 bits per heavy atom. The average Bonchev–Trinajstić information content (AvgIpc) is 2.86. The third kappa shape index (κ3) is 3.22. The topological polar surface area (TPSA) is 86.7 Å². The van der Waals surface area contributed by atoms with Crippen molar-refractivity contribution in [1.29, 1.82) is 0 Å². The van der Waals surface area contributed by atoms with E-state index in [2.05, 4.69) is 5.32 Å². The molecule has 2 N–H and O–H groups in total. The fourth-order valence-corrected chi connectivity index (χ4v) is 4.16. The summed E-state index contributed by atoms with van der Waals surface area (Å²) in [5.74, 6) is -1.30. The van der Waals surface area contributed by atoms with Crippen LogP contribution in [0, 0.1) is 5.82 Å². The summed E-state index contributed by atoms with van der Waals surface area (Å²) in [7, 11) is -3.99. The van der Waals surface area contributed by atoms with E-state index in [-0.39, 0.29) is 24.7 Å². The first-order valence-corrected chi connectivity index (χ1v) is 8.00. The molecule has 0 aliphatic carbocycles. The Bertz CT molecular complexity index is 648. The summed E-state index contributed by atoms with van der Waals surface area (Å²) in [5.41, 5.74) is 0.194. The van der Waals surface area contributed by atoms with Gasteiger partial charge in [-0.05, 0) is 31.0 Å². The molecule has 0 bridgehead atoms. The standard InChI is InChI=1S/C13H17FN2O4S/c1-9(18)15-10-4-5-13(12(14)7-10)21(19,20)16-6-2-3-11(16)8-17/h4-5,7,11,17H,2-3,6,8H2,1H3,(H,15,18)/t11-/m1/s1. The first-order chi connectivity index (χ1) is 9.86. The number of nitrogens with zero attached hydrogens (tertiary/aromatic N) is 1. The fraction of sp³-hybridized carbons (Fsp3) is 0.462. The first-order valence-electron chi connectivity index (χ1n) is 6.56. The van der Waals surface area contributed by atoms with Crippen molar-refractivity contribution >= 4 is 21.6 Å². The molecule has 21 heavy (non-hydrogen) atoms. The van der Waals surface area contributed by atoms with E-state index in [9.17, 15) is 22.7 Å². The van der Waals surface area contributed by atoms with E-state index in [1.807, 2.05) is 0 Å². The monoisotopic (exact) mass is 316 g/mol. The lowest BCUT2D eigenvalue weighted by Crippen LogP contribution is -2.38. The summed E-state index contributed by atoms with van der Waals surface area (Å²) in [6.07, 6.45) is 1.19. The van der Waals surface area contributed by atoms with Gasteiger partial charge in [-0.1, -0.05) is 0 Å². The lowest BCUT2D eigenvalue weighted by Gasteiger charge is -2.22. The quantitative estimate of drug-likeness (QED) is 0.865. The molecule has 0 aromatic heterocycles. The van der Waals surface area contributed by atoms with Crippen molar-refractivity contribution < 1.29 is 22.7 Å². The fourth-order valence-electron chi connectivity index (χ4n) is 2.43. The number of benzene rings is 1. The molecule has 6 nitrogen and oxygen atoms in total. The highest BCUT2D eigenvalue weighted by molar-refractivity contribution is 7.89. The van der Waals surface area contributed by atoms with Crippen LogP contribution >= 0.6 is 0 Å². The van der Waals surface area contributed by atoms with Crippen LogP contribution in [0.25, 0.3) is 0 Å². The maximum atomic E-state index is 14.1. The number of hydrogen-bond acceptors (Lipinski definition) is 4. The number of rotatable bonds is 4. The van der Waals surface area contributed by atoms with Gasteiger partial charge in [-0.2, -0.15) is 4.31 Å². The van der Waals surface area contributed by atoms with Crippen molar-refractivity contribution in [3.05, 3.63) is 24.0 Å².